The molecule has 0 fully saturated rings. The van der Waals surface area contributed by atoms with E-state index in [9.17, 15) is 9.90 Å². The molecule has 0 heterocycles. The van der Waals surface area contributed by atoms with E-state index in [-0.39, 0.29) is 11.5 Å². The van der Waals surface area contributed by atoms with Crippen molar-refractivity contribution in [2.75, 3.05) is 14.2 Å². The number of carbonyl (C=O) groups excluding carboxylic acids is 1. The zero-order chi connectivity index (χ0) is 14.5. The molecule has 5 nitrogen and oxygen atoms in total. The van der Waals surface area contributed by atoms with Crippen LogP contribution in [-0.4, -0.2) is 25.3 Å². The maximum Gasteiger partial charge on any atom is 0.343 e. The fourth-order valence-electron chi connectivity index (χ4n) is 1.67. The van der Waals surface area contributed by atoms with E-state index in [0.29, 0.717) is 17.1 Å². The van der Waals surface area contributed by atoms with Gasteiger partial charge in [0.15, 0.2) is 23.0 Å². The highest BCUT2D eigenvalue weighted by Gasteiger charge is 2.14. The summed E-state index contributed by atoms with van der Waals surface area (Å²) in [6.45, 7) is 0. The molecule has 0 unspecified atom stereocenters. The summed E-state index contributed by atoms with van der Waals surface area (Å²) in [4.78, 5) is 12.0. The lowest BCUT2D eigenvalue weighted by molar-refractivity contribution is 0.0729. The molecule has 1 N–H and O–H groups in total. The Morgan fingerprint density at radius 2 is 1.65 bits per heavy atom. The van der Waals surface area contributed by atoms with Crippen LogP contribution in [0.5, 0.6) is 23.0 Å². The summed E-state index contributed by atoms with van der Waals surface area (Å²) < 4.78 is 15.3. The van der Waals surface area contributed by atoms with Crippen LogP contribution in [0.25, 0.3) is 0 Å². The number of benzene rings is 2. The molecule has 0 saturated heterocycles. The summed E-state index contributed by atoms with van der Waals surface area (Å²) >= 11 is 0. The number of carbonyl (C=O) groups is 1. The van der Waals surface area contributed by atoms with E-state index in [1.165, 1.54) is 32.4 Å². The van der Waals surface area contributed by atoms with Crippen LogP contribution in [0, 0.1) is 0 Å². The summed E-state index contributed by atoms with van der Waals surface area (Å²) in [5.41, 5.74) is 0.297. The Hall–Kier alpha value is -2.69. The lowest BCUT2D eigenvalue weighted by Gasteiger charge is -2.10. The Morgan fingerprint density at radius 1 is 0.950 bits per heavy atom. The molecule has 2 rings (SSSR count). The second-order valence-corrected chi connectivity index (χ2v) is 3.93. The molecule has 0 atom stereocenters. The molecule has 0 bridgehead atoms. The number of hydrogen-bond donors (Lipinski definition) is 1. The van der Waals surface area contributed by atoms with Crippen molar-refractivity contribution in [1.29, 1.82) is 0 Å². The number of rotatable bonds is 4. The number of para-hydroxylation sites is 2. The van der Waals surface area contributed by atoms with Crippen LogP contribution in [0.4, 0.5) is 0 Å². The molecular formula is C15H14O5. The van der Waals surface area contributed by atoms with Crippen molar-refractivity contribution in [3.63, 3.8) is 0 Å². The lowest BCUT2D eigenvalue weighted by atomic mass is 10.2. The Bertz CT molecular complexity index is 621. The van der Waals surface area contributed by atoms with E-state index in [0.717, 1.165) is 0 Å². The molecule has 5 heteroatoms. The molecule has 2 aromatic carbocycles. The number of methoxy groups -OCH3 is 2. The minimum Gasteiger partial charge on any atom is -0.504 e. The number of aromatic hydroxyl groups is 1. The molecule has 0 amide bonds. The average molecular weight is 274 g/mol. The van der Waals surface area contributed by atoms with Gasteiger partial charge in [-0.3, -0.25) is 0 Å². The Balaban J connectivity index is 2.24. The molecule has 0 radical (unpaired) electrons. The summed E-state index contributed by atoms with van der Waals surface area (Å²) in [7, 11) is 2.99. The van der Waals surface area contributed by atoms with E-state index in [1.54, 1.807) is 24.3 Å². The first-order valence-corrected chi connectivity index (χ1v) is 5.88. The molecule has 2 aromatic rings. The van der Waals surface area contributed by atoms with Crippen LogP contribution < -0.4 is 14.2 Å². The topological polar surface area (TPSA) is 65.0 Å². The lowest BCUT2D eigenvalue weighted by Crippen LogP contribution is -2.09. The SMILES string of the molecule is COc1ccc(C(=O)Oc2ccccc2O)cc1OC. The quantitative estimate of drug-likeness (QED) is 0.685. The summed E-state index contributed by atoms with van der Waals surface area (Å²) in [6, 6.07) is 10.9. The predicted octanol–water partition coefficient (Wildman–Crippen LogP) is 2.63. The van der Waals surface area contributed by atoms with Crippen molar-refractivity contribution >= 4 is 5.97 Å². The van der Waals surface area contributed by atoms with Gasteiger partial charge < -0.3 is 19.3 Å². The number of ether oxygens (including phenoxy) is 3. The van der Waals surface area contributed by atoms with Gasteiger partial charge in [-0.15, -0.1) is 0 Å². The van der Waals surface area contributed by atoms with Crippen molar-refractivity contribution in [2.24, 2.45) is 0 Å². The molecular weight excluding hydrogens is 260 g/mol. The molecule has 0 spiro atoms. The molecule has 0 aliphatic carbocycles. The van der Waals surface area contributed by atoms with Crippen LogP contribution in [0.2, 0.25) is 0 Å². The minimum atomic E-state index is -0.590. The first kappa shape index (κ1) is 13.7. The van der Waals surface area contributed by atoms with Gasteiger partial charge in [0.25, 0.3) is 0 Å². The zero-order valence-electron chi connectivity index (χ0n) is 11.1. The summed E-state index contributed by atoms with van der Waals surface area (Å²) in [6.07, 6.45) is 0. The molecule has 0 saturated carbocycles. The third kappa shape index (κ3) is 2.83. The molecule has 20 heavy (non-hydrogen) atoms. The fraction of sp³-hybridized carbons (Fsp3) is 0.133. The number of hydrogen-bond acceptors (Lipinski definition) is 5. The highest BCUT2D eigenvalue weighted by atomic mass is 16.5. The third-order valence-electron chi connectivity index (χ3n) is 2.69. The van der Waals surface area contributed by atoms with Crippen LogP contribution in [0.3, 0.4) is 0 Å². The minimum absolute atomic E-state index is 0.0960. The fourth-order valence-corrected chi connectivity index (χ4v) is 1.67. The summed E-state index contributed by atoms with van der Waals surface area (Å²) in [5, 5.41) is 9.57. The third-order valence-corrected chi connectivity index (χ3v) is 2.69. The number of phenolic OH excluding ortho intramolecular Hbond substituents is 1. The number of esters is 1. The Labute approximate surface area is 116 Å². The first-order valence-electron chi connectivity index (χ1n) is 5.88. The van der Waals surface area contributed by atoms with Gasteiger partial charge in [0, 0.05) is 0 Å². The van der Waals surface area contributed by atoms with Crippen molar-refractivity contribution in [1.82, 2.24) is 0 Å². The van der Waals surface area contributed by atoms with Crippen molar-refractivity contribution in [3.05, 3.63) is 48.0 Å². The van der Waals surface area contributed by atoms with Crippen LogP contribution >= 0.6 is 0 Å². The van der Waals surface area contributed by atoms with Crippen molar-refractivity contribution in [2.45, 2.75) is 0 Å². The van der Waals surface area contributed by atoms with Gasteiger partial charge >= 0.3 is 5.97 Å². The number of phenols is 1. The smallest absolute Gasteiger partial charge is 0.343 e. The van der Waals surface area contributed by atoms with Crippen molar-refractivity contribution < 1.29 is 24.1 Å². The van der Waals surface area contributed by atoms with E-state index in [4.69, 9.17) is 14.2 Å². The molecule has 0 aliphatic rings. The van der Waals surface area contributed by atoms with E-state index in [1.807, 2.05) is 0 Å². The monoisotopic (exact) mass is 274 g/mol. The summed E-state index contributed by atoms with van der Waals surface area (Å²) in [5.74, 6) is 0.368. The zero-order valence-corrected chi connectivity index (χ0v) is 11.1. The van der Waals surface area contributed by atoms with Crippen molar-refractivity contribution in [3.8, 4) is 23.0 Å². The standard InChI is InChI=1S/C15H14O5/c1-18-13-8-7-10(9-14(13)19-2)15(17)20-12-6-4-3-5-11(12)16/h3-9,16H,1-2H3. The van der Waals surface area contributed by atoms with E-state index < -0.39 is 5.97 Å². The maximum absolute atomic E-state index is 12.0. The van der Waals surface area contributed by atoms with E-state index in [2.05, 4.69) is 0 Å². The highest BCUT2D eigenvalue weighted by molar-refractivity contribution is 5.92. The largest absolute Gasteiger partial charge is 0.504 e. The van der Waals surface area contributed by atoms with Gasteiger partial charge in [0.05, 0.1) is 19.8 Å². The predicted molar refractivity (Wildman–Crippen MR) is 72.6 cm³/mol. The van der Waals surface area contributed by atoms with Crippen LogP contribution in [0.1, 0.15) is 10.4 Å². The van der Waals surface area contributed by atoms with Gasteiger partial charge in [-0.2, -0.15) is 0 Å². The van der Waals surface area contributed by atoms with Gasteiger partial charge in [-0.1, -0.05) is 12.1 Å². The highest BCUT2D eigenvalue weighted by Crippen LogP contribution is 2.29. The Morgan fingerprint density at radius 3 is 2.30 bits per heavy atom. The molecule has 104 valence electrons. The average Bonchev–Trinajstić information content (AvgIpc) is 2.48. The second kappa shape index (κ2) is 5.97. The van der Waals surface area contributed by atoms with Gasteiger partial charge in [-0.25, -0.2) is 4.79 Å². The molecule has 0 aromatic heterocycles. The van der Waals surface area contributed by atoms with E-state index >= 15 is 0 Å². The maximum atomic E-state index is 12.0. The normalized spacial score (nSPS) is 9.90. The van der Waals surface area contributed by atoms with Gasteiger partial charge in [0.1, 0.15) is 0 Å². The molecule has 0 aliphatic heterocycles. The Kier molecular flexibility index (Phi) is 4.10. The van der Waals surface area contributed by atoms with Gasteiger partial charge in [0.2, 0.25) is 0 Å². The second-order valence-electron chi connectivity index (χ2n) is 3.93. The van der Waals surface area contributed by atoms with Crippen LogP contribution in [-0.2, 0) is 0 Å². The van der Waals surface area contributed by atoms with Gasteiger partial charge in [-0.05, 0) is 30.3 Å². The van der Waals surface area contributed by atoms with Crippen LogP contribution in [0.15, 0.2) is 42.5 Å². The first-order chi connectivity index (χ1) is 9.65.